The average Bonchev–Trinajstić information content (AvgIpc) is 2.85. The molecule has 0 radical (unpaired) electrons. The Bertz CT molecular complexity index is 239. The second-order valence-corrected chi connectivity index (χ2v) is 4.70. The number of likely N-dealkylation sites (tertiary alicyclic amines) is 1. The lowest BCUT2D eigenvalue weighted by Gasteiger charge is -2.27. The van der Waals surface area contributed by atoms with Crippen LogP contribution in [0.3, 0.4) is 0 Å². The molecule has 2 rings (SSSR count). The summed E-state index contributed by atoms with van der Waals surface area (Å²) in [7, 11) is 0. The van der Waals surface area contributed by atoms with Gasteiger partial charge in [0.05, 0.1) is 0 Å². The van der Waals surface area contributed by atoms with Crippen LogP contribution in [0.4, 0.5) is 0 Å². The smallest absolute Gasteiger partial charge is 0.191 e. The van der Waals surface area contributed by atoms with E-state index in [1.54, 1.807) is 0 Å². The highest BCUT2D eigenvalue weighted by molar-refractivity contribution is 14.0. The van der Waals surface area contributed by atoms with Crippen LogP contribution in [0.25, 0.3) is 0 Å². The fourth-order valence-electron chi connectivity index (χ4n) is 2.50. The summed E-state index contributed by atoms with van der Waals surface area (Å²) in [6.07, 6.45) is 5.13. The zero-order chi connectivity index (χ0) is 11.2. The molecular weight excluding hydrogens is 327 g/mol. The van der Waals surface area contributed by atoms with E-state index in [2.05, 4.69) is 27.4 Å². The Kier molecular flexibility index (Phi) is 7.18. The number of rotatable bonds is 4. The predicted molar refractivity (Wildman–Crippen MR) is 83.2 cm³/mol. The zero-order valence-electron chi connectivity index (χ0n) is 10.7. The van der Waals surface area contributed by atoms with Crippen molar-refractivity contribution in [3.8, 4) is 0 Å². The molecule has 0 aromatic rings. The van der Waals surface area contributed by atoms with Crippen LogP contribution in [-0.2, 0) is 0 Å². The number of guanidine groups is 1. The van der Waals surface area contributed by atoms with Crippen molar-refractivity contribution in [3.05, 3.63) is 0 Å². The molecule has 0 spiro atoms. The van der Waals surface area contributed by atoms with E-state index in [0.717, 1.165) is 32.0 Å². The summed E-state index contributed by atoms with van der Waals surface area (Å²) in [5.41, 5.74) is 0. The summed E-state index contributed by atoms with van der Waals surface area (Å²) >= 11 is 0. The van der Waals surface area contributed by atoms with E-state index in [4.69, 9.17) is 0 Å². The first-order valence-corrected chi connectivity index (χ1v) is 6.66. The first kappa shape index (κ1) is 15.0. The van der Waals surface area contributed by atoms with Gasteiger partial charge in [-0.2, -0.15) is 0 Å². The summed E-state index contributed by atoms with van der Waals surface area (Å²) in [5, 5.41) is 6.76. The van der Waals surface area contributed by atoms with E-state index in [0.29, 0.717) is 6.04 Å². The normalized spacial score (nSPS) is 22.3. The van der Waals surface area contributed by atoms with E-state index in [-0.39, 0.29) is 24.0 Å². The van der Waals surface area contributed by atoms with E-state index in [1.165, 1.54) is 32.4 Å². The fraction of sp³-hybridized carbons (Fsp3) is 0.917. The molecule has 4 nitrogen and oxygen atoms in total. The van der Waals surface area contributed by atoms with Gasteiger partial charge in [0, 0.05) is 25.7 Å². The van der Waals surface area contributed by atoms with Gasteiger partial charge in [0.25, 0.3) is 0 Å². The van der Waals surface area contributed by atoms with Crippen molar-refractivity contribution in [2.24, 2.45) is 4.99 Å². The first-order valence-electron chi connectivity index (χ1n) is 6.66. The summed E-state index contributed by atoms with van der Waals surface area (Å²) in [5.74, 6) is 1.00. The Hall–Kier alpha value is -0.0400. The van der Waals surface area contributed by atoms with Gasteiger partial charge in [-0.1, -0.05) is 6.92 Å². The van der Waals surface area contributed by atoms with E-state index < -0.39 is 0 Å². The topological polar surface area (TPSA) is 39.7 Å². The third-order valence-corrected chi connectivity index (χ3v) is 3.53. The molecule has 17 heavy (non-hydrogen) atoms. The molecule has 0 bridgehead atoms. The monoisotopic (exact) mass is 352 g/mol. The molecule has 100 valence electrons. The first-order chi connectivity index (χ1) is 7.90. The zero-order valence-corrected chi connectivity index (χ0v) is 13.1. The van der Waals surface area contributed by atoms with E-state index in [1.807, 2.05) is 0 Å². The van der Waals surface area contributed by atoms with Crippen molar-refractivity contribution < 1.29 is 0 Å². The number of halogens is 1. The lowest BCUT2D eigenvalue weighted by molar-refractivity contribution is 0.236. The predicted octanol–water partition coefficient (Wildman–Crippen LogP) is 1.42. The highest BCUT2D eigenvalue weighted by Gasteiger charge is 2.20. The van der Waals surface area contributed by atoms with Crippen LogP contribution in [-0.4, -0.2) is 49.6 Å². The molecule has 2 heterocycles. The van der Waals surface area contributed by atoms with Crippen molar-refractivity contribution in [1.29, 1.82) is 0 Å². The Balaban J connectivity index is 0.00000144. The van der Waals surface area contributed by atoms with Gasteiger partial charge in [0.15, 0.2) is 5.96 Å². The lowest BCUT2D eigenvalue weighted by atomic mass is 10.2. The molecule has 2 aliphatic heterocycles. The molecule has 1 atom stereocenters. The van der Waals surface area contributed by atoms with Gasteiger partial charge < -0.3 is 10.6 Å². The third-order valence-electron chi connectivity index (χ3n) is 3.53. The van der Waals surface area contributed by atoms with Crippen LogP contribution >= 0.6 is 24.0 Å². The maximum absolute atomic E-state index is 4.44. The van der Waals surface area contributed by atoms with Gasteiger partial charge in [-0.15, -0.1) is 24.0 Å². The summed E-state index contributed by atoms with van der Waals surface area (Å²) < 4.78 is 0. The molecule has 5 heteroatoms. The third kappa shape index (κ3) is 4.62. The fourth-order valence-corrected chi connectivity index (χ4v) is 2.50. The standard InChI is InChI=1S/C12H24N4.HI/c1-2-11(16-8-3-4-9-16)10-15-12-13-6-5-7-14-12;/h11H,2-10H2,1H3,(H2,13,14,15);1H. The molecule has 0 aromatic carbocycles. The molecule has 1 fully saturated rings. The highest BCUT2D eigenvalue weighted by Crippen LogP contribution is 2.13. The van der Waals surface area contributed by atoms with Gasteiger partial charge >= 0.3 is 0 Å². The van der Waals surface area contributed by atoms with E-state index >= 15 is 0 Å². The van der Waals surface area contributed by atoms with Crippen molar-refractivity contribution in [2.75, 3.05) is 32.7 Å². The van der Waals surface area contributed by atoms with Crippen LogP contribution < -0.4 is 10.6 Å². The highest BCUT2D eigenvalue weighted by atomic mass is 127. The van der Waals surface area contributed by atoms with Crippen LogP contribution in [0.15, 0.2) is 4.99 Å². The number of hydrogen-bond donors (Lipinski definition) is 2. The van der Waals surface area contributed by atoms with Crippen LogP contribution in [0.5, 0.6) is 0 Å². The van der Waals surface area contributed by atoms with E-state index in [9.17, 15) is 0 Å². The van der Waals surface area contributed by atoms with Crippen LogP contribution in [0.2, 0.25) is 0 Å². The van der Waals surface area contributed by atoms with Crippen molar-refractivity contribution >= 4 is 29.9 Å². The molecule has 2 N–H and O–H groups in total. The van der Waals surface area contributed by atoms with Crippen LogP contribution in [0, 0.1) is 0 Å². The Morgan fingerprint density at radius 1 is 1.35 bits per heavy atom. The van der Waals surface area contributed by atoms with Gasteiger partial charge in [0.2, 0.25) is 0 Å². The average molecular weight is 352 g/mol. The Labute approximate surface area is 122 Å². The minimum Gasteiger partial charge on any atom is -0.356 e. The minimum atomic E-state index is 0. The summed E-state index contributed by atoms with van der Waals surface area (Å²) in [6, 6.07) is 0.675. The largest absolute Gasteiger partial charge is 0.356 e. The maximum Gasteiger partial charge on any atom is 0.191 e. The lowest BCUT2D eigenvalue weighted by Crippen LogP contribution is -2.47. The van der Waals surface area contributed by atoms with Crippen molar-refractivity contribution in [1.82, 2.24) is 15.5 Å². The SMILES string of the molecule is CCC(CNC1=NCCCN1)N1CCCC1.I. The Morgan fingerprint density at radius 3 is 2.71 bits per heavy atom. The Morgan fingerprint density at radius 2 is 2.12 bits per heavy atom. The minimum absolute atomic E-state index is 0. The molecule has 2 aliphatic rings. The van der Waals surface area contributed by atoms with Crippen LogP contribution in [0.1, 0.15) is 32.6 Å². The molecule has 0 aliphatic carbocycles. The van der Waals surface area contributed by atoms with Crippen molar-refractivity contribution in [3.63, 3.8) is 0 Å². The molecule has 1 saturated heterocycles. The molecular formula is C12H25IN4. The van der Waals surface area contributed by atoms with Gasteiger partial charge in [-0.05, 0) is 38.8 Å². The quantitative estimate of drug-likeness (QED) is 0.752. The second kappa shape index (κ2) is 8.13. The maximum atomic E-state index is 4.44. The number of nitrogens with zero attached hydrogens (tertiary/aromatic N) is 2. The number of aliphatic imine (C=N–C) groups is 1. The number of nitrogens with one attached hydrogen (secondary N) is 2. The van der Waals surface area contributed by atoms with Crippen molar-refractivity contribution in [2.45, 2.75) is 38.6 Å². The molecule has 1 unspecified atom stereocenters. The summed E-state index contributed by atoms with van der Waals surface area (Å²) in [4.78, 5) is 7.05. The number of hydrogen-bond acceptors (Lipinski definition) is 4. The van der Waals surface area contributed by atoms with Gasteiger partial charge in [-0.3, -0.25) is 9.89 Å². The van der Waals surface area contributed by atoms with Gasteiger partial charge in [0.1, 0.15) is 0 Å². The molecule has 0 amide bonds. The second-order valence-electron chi connectivity index (χ2n) is 4.70. The molecule has 0 aromatic heterocycles. The summed E-state index contributed by atoms with van der Waals surface area (Å²) in [6.45, 7) is 7.89. The molecule has 0 saturated carbocycles. The van der Waals surface area contributed by atoms with Gasteiger partial charge in [-0.25, -0.2) is 0 Å².